The largest absolute Gasteiger partial charge is 0.343 e. The monoisotopic (exact) mass is 161 g/mol. The van der Waals surface area contributed by atoms with Crippen molar-refractivity contribution in [2.75, 3.05) is 0 Å². The second kappa shape index (κ2) is 2.59. The van der Waals surface area contributed by atoms with Gasteiger partial charge >= 0.3 is 0 Å². The van der Waals surface area contributed by atoms with E-state index in [-0.39, 0.29) is 0 Å². The van der Waals surface area contributed by atoms with E-state index in [0.717, 1.165) is 29.0 Å². The Morgan fingerprint density at radius 2 is 2.33 bits per heavy atom. The molecule has 2 aromatic rings. The van der Waals surface area contributed by atoms with Crippen molar-refractivity contribution in [1.29, 1.82) is 0 Å². The average Bonchev–Trinajstić information content (AvgIpc) is 2.43. The van der Waals surface area contributed by atoms with Gasteiger partial charge in [-0.25, -0.2) is 9.97 Å². The Kier molecular flexibility index (Phi) is 1.57. The molecule has 2 heterocycles. The fourth-order valence-electron chi connectivity index (χ4n) is 1.26. The minimum absolute atomic E-state index is 0.883. The molecule has 0 aromatic carbocycles. The molecule has 0 aliphatic carbocycles. The summed E-state index contributed by atoms with van der Waals surface area (Å²) < 4.78 is 0. The molecule has 0 spiro atoms. The van der Waals surface area contributed by atoms with Crippen LogP contribution < -0.4 is 0 Å². The number of aromatic nitrogens is 3. The van der Waals surface area contributed by atoms with E-state index in [4.69, 9.17) is 0 Å². The minimum atomic E-state index is 0.883. The number of rotatable bonds is 1. The van der Waals surface area contributed by atoms with Crippen molar-refractivity contribution in [3.8, 4) is 0 Å². The van der Waals surface area contributed by atoms with Gasteiger partial charge in [-0.15, -0.1) is 0 Å². The first-order valence-electron chi connectivity index (χ1n) is 4.11. The summed E-state index contributed by atoms with van der Waals surface area (Å²) in [6, 6.07) is 2.05. The molecule has 0 aliphatic rings. The van der Waals surface area contributed by atoms with Crippen molar-refractivity contribution in [3.63, 3.8) is 0 Å². The quantitative estimate of drug-likeness (QED) is 0.693. The van der Waals surface area contributed by atoms with Gasteiger partial charge in [0.1, 0.15) is 11.5 Å². The van der Waals surface area contributed by atoms with Crippen LogP contribution in [0.4, 0.5) is 0 Å². The zero-order valence-corrected chi connectivity index (χ0v) is 7.26. The van der Waals surface area contributed by atoms with Gasteiger partial charge in [-0.05, 0) is 13.0 Å². The molecule has 0 amide bonds. The molecule has 2 aromatic heterocycles. The standard InChI is InChI=1S/C9H11N3/c1-3-8-10-5-7-4-6(2)11-9(7)12-8/h4-5H,3H2,1-2H3,(H,10,11,12). The fourth-order valence-corrected chi connectivity index (χ4v) is 1.26. The molecule has 62 valence electrons. The van der Waals surface area contributed by atoms with Crippen molar-refractivity contribution in [3.05, 3.63) is 23.8 Å². The molecule has 0 radical (unpaired) electrons. The molecule has 12 heavy (non-hydrogen) atoms. The minimum Gasteiger partial charge on any atom is -0.343 e. The van der Waals surface area contributed by atoms with Crippen LogP contribution in [0.1, 0.15) is 18.4 Å². The summed E-state index contributed by atoms with van der Waals surface area (Å²) in [4.78, 5) is 11.7. The summed E-state index contributed by atoms with van der Waals surface area (Å²) in [6.45, 7) is 4.07. The van der Waals surface area contributed by atoms with Gasteiger partial charge in [-0.3, -0.25) is 0 Å². The van der Waals surface area contributed by atoms with Crippen molar-refractivity contribution in [2.45, 2.75) is 20.3 Å². The zero-order valence-electron chi connectivity index (χ0n) is 7.26. The highest BCUT2D eigenvalue weighted by Gasteiger charge is 1.99. The number of fused-ring (bicyclic) bond motifs is 1. The molecule has 0 saturated carbocycles. The van der Waals surface area contributed by atoms with Crippen LogP contribution in [0.2, 0.25) is 0 Å². The highest BCUT2D eigenvalue weighted by atomic mass is 14.9. The molecular formula is C9H11N3. The smallest absolute Gasteiger partial charge is 0.141 e. The van der Waals surface area contributed by atoms with Crippen LogP contribution in [0.25, 0.3) is 11.0 Å². The lowest BCUT2D eigenvalue weighted by Gasteiger charge is -1.92. The van der Waals surface area contributed by atoms with Crippen molar-refractivity contribution in [1.82, 2.24) is 15.0 Å². The fraction of sp³-hybridized carbons (Fsp3) is 0.333. The van der Waals surface area contributed by atoms with Gasteiger partial charge in [-0.2, -0.15) is 0 Å². The third kappa shape index (κ3) is 1.07. The van der Waals surface area contributed by atoms with Gasteiger partial charge in [0, 0.05) is 23.7 Å². The number of H-pyrrole nitrogens is 1. The Bertz CT molecular complexity index is 403. The van der Waals surface area contributed by atoms with E-state index in [2.05, 4.69) is 27.9 Å². The van der Waals surface area contributed by atoms with Crippen LogP contribution in [-0.2, 0) is 6.42 Å². The van der Waals surface area contributed by atoms with Gasteiger partial charge < -0.3 is 4.98 Å². The van der Waals surface area contributed by atoms with Crippen LogP contribution in [-0.4, -0.2) is 15.0 Å². The Balaban J connectivity index is 2.66. The third-order valence-electron chi connectivity index (χ3n) is 1.87. The zero-order chi connectivity index (χ0) is 8.55. The molecule has 0 saturated heterocycles. The SMILES string of the molecule is CCc1ncc2cc(C)[nH]c2n1. The van der Waals surface area contributed by atoms with Crippen molar-refractivity contribution >= 4 is 11.0 Å². The first-order chi connectivity index (χ1) is 5.79. The van der Waals surface area contributed by atoms with Crippen LogP contribution in [0.3, 0.4) is 0 Å². The van der Waals surface area contributed by atoms with Gasteiger partial charge in [0.2, 0.25) is 0 Å². The number of aromatic amines is 1. The molecule has 3 heteroatoms. The van der Waals surface area contributed by atoms with Crippen molar-refractivity contribution < 1.29 is 0 Å². The van der Waals surface area contributed by atoms with E-state index in [1.807, 2.05) is 13.1 Å². The second-order valence-electron chi connectivity index (χ2n) is 2.90. The lowest BCUT2D eigenvalue weighted by atomic mass is 10.3. The van der Waals surface area contributed by atoms with E-state index in [0.29, 0.717) is 0 Å². The maximum Gasteiger partial charge on any atom is 0.141 e. The predicted molar refractivity (Wildman–Crippen MR) is 48.0 cm³/mol. The number of hydrogen-bond acceptors (Lipinski definition) is 2. The first kappa shape index (κ1) is 7.28. The van der Waals surface area contributed by atoms with Gasteiger partial charge in [0.05, 0.1) is 0 Å². The highest BCUT2D eigenvalue weighted by Crippen LogP contribution is 2.11. The first-order valence-corrected chi connectivity index (χ1v) is 4.11. The molecule has 0 fully saturated rings. The lowest BCUT2D eigenvalue weighted by molar-refractivity contribution is 0.955. The Morgan fingerprint density at radius 3 is 3.08 bits per heavy atom. The number of hydrogen-bond donors (Lipinski definition) is 1. The van der Waals surface area contributed by atoms with Crippen LogP contribution in [0.5, 0.6) is 0 Å². The highest BCUT2D eigenvalue weighted by molar-refractivity contribution is 5.75. The topological polar surface area (TPSA) is 41.6 Å². The van der Waals surface area contributed by atoms with Crippen LogP contribution >= 0.6 is 0 Å². The van der Waals surface area contributed by atoms with Crippen molar-refractivity contribution in [2.24, 2.45) is 0 Å². The number of nitrogens with zero attached hydrogens (tertiary/aromatic N) is 2. The normalized spacial score (nSPS) is 10.8. The summed E-state index contributed by atoms with van der Waals surface area (Å²) >= 11 is 0. The van der Waals surface area contributed by atoms with E-state index in [1.54, 1.807) is 0 Å². The van der Waals surface area contributed by atoms with E-state index >= 15 is 0 Å². The maximum absolute atomic E-state index is 4.35. The Morgan fingerprint density at radius 1 is 1.50 bits per heavy atom. The average molecular weight is 161 g/mol. The van der Waals surface area contributed by atoms with Gasteiger partial charge in [-0.1, -0.05) is 6.92 Å². The maximum atomic E-state index is 4.35. The number of aryl methyl sites for hydroxylation is 2. The number of nitrogens with one attached hydrogen (secondary N) is 1. The Labute approximate surface area is 70.9 Å². The summed E-state index contributed by atoms with van der Waals surface area (Å²) in [5.74, 6) is 0.893. The lowest BCUT2D eigenvalue weighted by Crippen LogP contribution is -1.91. The van der Waals surface area contributed by atoms with E-state index in [1.165, 1.54) is 0 Å². The molecule has 3 nitrogen and oxygen atoms in total. The molecule has 2 rings (SSSR count). The van der Waals surface area contributed by atoms with Crippen LogP contribution in [0, 0.1) is 6.92 Å². The van der Waals surface area contributed by atoms with E-state index in [9.17, 15) is 0 Å². The molecule has 0 atom stereocenters. The van der Waals surface area contributed by atoms with E-state index < -0.39 is 0 Å². The van der Waals surface area contributed by atoms with Gasteiger partial charge in [0.25, 0.3) is 0 Å². The summed E-state index contributed by atoms with van der Waals surface area (Å²) in [7, 11) is 0. The summed E-state index contributed by atoms with van der Waals surface area (Å²) in [5.41, 5.74) is 2.08. The second-order valence-corrected chi connectivity index (χ2v) is 2.90. The molecule has 1 N–H and O–H groups in total. The third-order valence-corrected chi connectivity index (χ3v) is 1.87. The summed E-state index contributed by atoms with van der Waals surface area (Å²) in [6.07, 6.45) is 2.75. The summed E-state index contributed by atoms with van der Waals surface area (Å²) in [5, 5.41) is 1.09. The molecule has 0 aliphatic heterocycles. The molecule has 0 unspecified atom stereocenters. The predicted octanol–water partition coefficient (Wildman–Crippen LogP) is 1.83. The Hall–Kier alpha value is -1.38. The van der Waals surface area contributed by atoms with Crippen LogP contribution in [0.15, 0.2) is 12.3 Å². The van der Waals surface area contributed by atoms with Gasteiger partial charge in [0.15, 0.2) is 0 Å². The molecule has 0 bridgehead atoms. The molecular weight excluding hydrogens is 150 g/mol.